The van der Waals surface area contributed by atoms with Crippen LogP contribution < -0.4 is 10.2 Å². The molecule has 1 aliphatic carbocycles. The average molecular weight is 357 g/mol. The lowest BCUT2D eigenvalue weighted by Crippen LogP contribution is -2.56. The van der Waals surface area contributed by atoms with Gasteiger partial charge in [0.05, 0.1) is 5.92 Å². The Balaban J connectivity index is 1.51. The van der Waals surface area contributed by atoms with Gasteiger partial charge >= 0.3 is 0 Å². The molecule has 1 aliphatic heterocycles. The molecule has 6 heteroatoms. The maximum absolute atomic E-state index is 12.4. The summed E-state index contributed by atoms with van der Waals surface area (Å²) in [6.45, 7) is 2.51. The van der Waals surface area contributed by atoms with E-state index < -0.39 is 0 Å². The molecule has 1 aromatic rings. The number of hydrogen-bond donors (Lipinski definition) is 1. The fourth-order valence-electron chi connectivity index (χ4n) is 3.65. The van der Waals surface area contributed by atoms with Crippen molar-refractivity contribution in [2.24, 2.45) is 11.8 Å². The highest BCUT2D eigenvalue weighted by atomic mass is 16.2. The van der Waals surface area contributed by atoms with Crippen LogP contribution >= 0.6 is 0 Å². The van der Waals surface area contributed by atoms with Gasteiger partial charge in [-0.3, -0.25) is 14.4 Å². The topological polar surface area (TPSA) is 69.7 Å². The van der Waals surface area contributed by atoms with Crippen LogP contribution in [0.4, 0.5) is 11.4 Å². The van der Waals surface area contributed by atoms with Gasteiger partial charge in [-0.05, 0) is 31.0 Å². The molecule has 1 heterocycles. The van der Waals surface area contributed by atoms with Gasteiger partial charge in [0.2, 0.25) is 17.7 Å². The third kappa shape index (κ3) is 4.06. The van der Waals surface area contributed by atoms with Gasteiger partial charge < -0.3 is 15.1 Å². The van der Waals surface area contributed by atoms with E-state index in [2.05, 4.69) is 5.32 Å². The van der Waals surface area contributed by atoms with Crippen LogP contribution in [0.25, 0.3) is 0 Å². The Bertz CT molecular complexity index is 691. The number of nitrogens with zero attached hydrogens (tertiary/aromatic N) is 2. The molecular weight excluding hydrogens is 330 g/mol. The molecule has 26 heavy (non-hydrogen) atoms. The Hall–Kier alpha value is -2.37. The standard InChI is InChI=1S/C20H27N3O3/c1-14(24)22(2)18-10-6-9-17(11-18)21-19(25)16-12-23(13-16)20(26)15-7-4-3-5-8-15/h6,9-11,15-16H,3-5,7-8,12-13H2,1-2H3,(H,21,25). The van der Waals surface area contributed by atoms with E-state index in [0.717, 1.165) is 31.4 Å². The molecule has 0 radical (unpaired) electrons. The fraction of sp³-hybridized carbons (Fsp3) is 0.550. The van der Waals surface area contributed by atoms with E-state index in [1.165, 1.54) is 18.2 Å². The van der Waals surface area contributed by atoms with Crippen LogP contribution in [0.5, 0.6) is 0 Å². The number of rotatable bonds is 4. The van der Waals surface area contributed by atoms with E-state index in [0.29, 0.717) is 18.8 Å². The molecule has 140 valence electrons. The summed E-state index contributed by atoms with van der Waals surface area (Å²) >= 11 is 0. The highest BCUT2D eigenvalue weighted by Crippen LogP contribution is 2.29. The SMILES string of the molecule is CC(=O)N(C)c1cccc(NC(=O)C2CN(C(=O)C3CCCCC3)C2)c1. The van der Waals surface area contributed by atoms with Crippen molar-refractivity contribution in [1.29, 1.82) is 0 Å². The second-order valence-electron chi connectivity index (χ2n) is 7.39. The Morgan fingerprint density at radius 2 is 1.77 bits per heavy atom. The summed E-state index contributed by atoms with van der Waals surface area (Å²) in [5.74, 6) is 0.0896. The first-order valence-electron chi connectivity index (χ1n) is 9.39. The maximum atomic E-state index is 12.4. The lowest BCUT2D eigenvalue weighted by Gasteiger charge is -2.40. The van der Waals surface area contributed by atoms with Gasteiger partial charge in [0, 0.05) is 44.4 Å². The van der Waals surface area contributed by atoms with Gasteiger partial charge in [-0.15, -0.1) is 0 Å². The van der Waals surface area contributed by atoms with Crippen molar-refractivity contribution < 1.29 is 14.4 Å². The zero-order valence-electron chi connectivity index (χ0n) is 15.5. The third-order valence-electron chi connectivity index (χ3n) is 5.49. The molecule has 1 aromatic carbocycles. The predicted octanol–water partition coefficient (Wildman–Crippen LogP) is 2.65. The summed E-state index contributed by atoms with van der Waals surface area (Å²) < 4.78 is 0. The van der Waals surface area contributed by atoms with Crippen molar-refractivity contribution in [3.63, 3.8) is 0 Å². The van der Waals surface area contributed by atoms with Crippen LogP contribution in [0.2, 0.25) is 0 Å². The lowest BCUT2D eigenvalue weighted by atomic mass is 9.86. The molecule has 2 aliphatic rings. The minimum Gasteiger partial charge on any atom is -0.341 e. The number of nitrogens with one attached hydrogen (secondary N) is 1. The number of anilines is 2. The summed E-state index contributed by atoms with van der Waals surface area (Å²) in [6.07, 6.45) is 5.48. The molecule has 1 N–H and O–H groups in total. The highest BCUT2D eigenvalue weighted by molar-refractivity contribution is 5.96. The van der Waals surface area contributed by atoms with Crippen LogP contribution in [0.1, 0.15) is 39.0 Å². The fourth-order valence-corrected chi connectivity index (χ4v) is 3.65. The number of amides is 3. The van der Waals surface area contributed by atoms with Crippen molar-refractivity contribution in [2.75, 3.05) is 30.4 Å². The minimum atomic E-state index is -0.156. The lowest BCUT2D eigenvalue weighted by molar-refractivity contribution is -0.145. The Labute approximate surface area is 154 Å². The summed E-state index contributed by atoms with van der Waals surface area (Å²) in [4.78, 5) is 39.7. The normalized spacial score (nSPS) is 18.2. The first kappa shape index (κ1) is 18.4. The monoisotopic (exact) mass is 357 g/mol. The first-order valence-corrected chi connectivity index (χ1v) is 9.39. The third-order valence-corrected chi connectivity index (χ3v) is 5.49. The van der Waals surface area contributed by atoms with Gasteiger partial charge in [-0.2, -0.15) is 0 Å². The molecule has 1 saturated heterocycles. The zero-order chi connectivity index (χ0) is 18.7. The van der Waals surface area contributed by atoms with Crippen molar-refractivity contribution >= 4 is 29.1 Å². The molecule has 2 fully saturated rings. The molecular formula is C20H27N3O3. The van der Waals surface area contributed by atoms with Gasteiger partial charge in [0.15, 0.2) is 0 Å². The van der Waals surface area contributed by atoms with Gasteiger partial charge in [-0.25, -0.2) is 0 Å². The largest absolute Gasteiger partial charge is 0.341 e. The van der Waals surface area contributed by atoms with E-state index in [-0.39, 0.29) is 29.6 Å². The van der Waals surface area contributed by atoms with Crippen LogP contribution in [0.3, 0.4) is 0 Å². The minimum absolute atomic E-state index is 0.0654. The molecule has 3 amide bonds. The zero-order valence-corrected chi connectivity index (χ0v) is 15.5. The molecule has 0 atom stereocenters. The van der Waals surface area contributed by atoms with E-state index in [9.17, 15) is 14.4 Å². The summed E-state index contributed by atoms with van der Waals surface area (Å²) in [7, 11) is 1.70. The van der Waals surface area contributed by atoms with Gasteiger partial charge in [-0.1, -0.05) is 25.3 Å². The Morgan fingerprint density at radius 1 is 1.08 bits per heavy atom. The molecule has 0 bridgehead atoms. The molecule has 3 rings (SSSR count). The summed E-state index contributed by atoms with van der Waals surface area (Å²) in [5, 5.41) is 2.90. The van der Waals surface area contributed by atoms with Crippen LogP contribution in [-0.2, 0) is 14.4 Å². The Kier molecular flexibility index (Phi) is 5.59. The molecule has 1 saturated carbocycles. The number of carbonyl (C=O) groups excluding carboxylic acids is 3. The van der Waals surface area contributed by atoms with Crippen LogP contribution in [0, 0.1) is 11.8 Å². The van der Waals surface area contributed by atoms with E-state index in [1.807, 2.05) is 17.0 Å². The van der Waals surface area contributed by atoms with Crippen LogP contribution in [0.15, 0.2) is 24.3 Å². The second kappa shape index (κ2) is 7.89. The average Bonchev–Trinajstić information content (AvgIpc) is 2.60. The summed E-state index contributed by atoms with van der Waals surface area (Å²) in [5.41, 5.74) is 1.40. The number of likely N-dealkylation sites (tertiary alicyclic amines) is 1. The van der Waals surface area contributed by atoms with Crippen molar-refractivity contribution in [3.05, 3.63) is 24.3 Å². The molecule has 0 spiro atoms. The highest BCUT2D eigenvalue weighted by Gasteiger charge is 2.38. The molecule has 0 unspecified atom stereocenters. The van der Waals surface area contributed by atoms with E-state index >= 15 is 0 Å². The number of benzene rings is 1. The number of carbonyl (C=O) groups is 3. The van der Waals surface area contributed by atoms with Crippen molar-refractivity contribution in [2.45, 2.75) is 39.0 Å². The van der Waals surface area contributed by atoms with Crippen LogP contribution in [-0.4, -0.2) is 42.8 Å². The van der Waals surface area contributed by atoms with Crippen molar-refractivity contribution in [1.82, 2.24) is 4.90 Å². The molecule has 0 aromatic heterocycles. The van der Waals surface area contributed by atoms with E-state index in [4.69, 9.17) is 0 Å². The number of hydrogen-bond acceptors (Lipinski definition) is 3. The quantitative estimate of drug-likeness (QED) is 0.901. The first-order chi connectivity index (χ1) is 12.5. The predicted molar refractivity (Wildman–Crippen MR) is 101 cm³/mol. The maximum Gasteiger partial charge on any atom is 0.231 e. The van der Waals surface area contributed by atoms with E-state index in [1.54, 1.807) is 19.2 Å². The van der Waals surface area contributed by atoms with Gasteiger partial charge in [0.25, 0.3) is 0 Å². The Morgan fingerprint density at radius 3 is 2.42 bits per heavy atom. The van der Waals surface area contributed by atoms with Crippen molar-refractivity contribution in [3.8, 4) is 0 Å². The van der Waals surface area contributed by atoms with Gasteiger partial charge in [0.1, 0.15) is 0 Å². The summed E-state index contributed by atoms with van der Waals surface area (Å²) in [6, 6.07) is 7.22. The second-order valence-corrected chi connectivity index (χ2v) is 7.39. The molecule has 6 nitrogen and oxygen atoms in total. The smallest absolute Gasteiger partial charge is 0.231 e.